The van der Waals surface area contributed by atoms with E-state index in [0.29, 0.717) is 6.61 Å². The van der Waals surface area contributed by atoms with Crippen molar-refractivity contribution < 1.29 is 14.2 Å². The first-order chi connectivity index (χ1) is 8.03. The Bertz CT molecular complexity index is 370. The van der Waals surface area contributed by atoms with Crippen LogP contribution in [0.2, 0.25) is 0 Å². The molecule has 1 aliphatic rings. The second-order valence-corrected chi connectivity index (χ2v) is 5.18. The lowest BCUT2D eigenvalue weighted by Gasteiger charge is -2.40. The Labute approximate surface area is 103 Å². The van der Waals surface area contributed by atoms with Gasteiger partial charge in [-0.05, 0) is 19.1 Å². The highest BCUT2D eigenvalue weighted by molar-refractivity contribution is 5.28. The van der Waals surface area contributed by atoms with Gasteiger partial charge < -0.3 is 14.2 Å². The molecule has 3 heteroatoms. The van der Waals surface area contributed by atoms with Crippen molar-refractivity contribution in [2.75, 3.05) is 13.7 Å². The third kappa shape index (κ3) is 2.61. The molecule has 17 heavy (non-hydrogen) atoms. The van der Waals surface area contributed by atoms with Crippen LogP contribution in [0.3, 0.4) is 0 Å². The molecular formula is C14H20O3. The fraction of sp³-hybridized carbons (Fsp3) is 0.571. The molecule has 0 bridgehead atoms. The fourth-order valence-corrected chi connectivity index (χ4v) is 1.75. The summed E-state index contributed by atoms with van der Waals surface area (Å²) in [5.74, 6) is 0.845. The first-order valence-electron chi connectivity index (χ1n) is 5.94. The Morgan fingerprint density at radius 1 is 1.24 bits per heavy atom. The van der Waals surface area contributed by atoms with Crippen molar-refractivity contribution in [1.29, 1.82) is 0 Å². The van der Waals surface area contributed by atoms with Crippen LogP contribution in [0.25, 0.3) is 0 Å². The third-order valence-corrected chi connectivity index (χ3v) is 3.42. The molecule has 0 N–H and O–H groups in total. The number of benzene rings is 1. The minimum Gasteiger partial charge on any atom is -0.497 e. The van der Waals surface area contributed by atoms with Crippen molar-refractivity contribution in [3.8, 4) is 5.75 Å². The van der Waals surface area contributed by atoms with Crippen LogP contribution in [0.4, 0.5) is 0 Å². The van der Waals surface area contributed by atoms with Crippen molar-refractivity contribution >= 4 is 0 Å². The maximum absolute atomic E-state index is 5.90. The van der Waals surface area contributed by atoms with E-state index in [9.17, 15) is 0 Å². The first kappa shape index (κ1) is 12.4. The lowest BCUT2D eigenvalue weighted by Crippen LogP contribution is -2.40. The van der Waals surface area contributed by atoms with Gasteiger partial charge >= 0.3 is 0 Å². The van der Waals surface area contributed by atoms with Crippen LogP contribution in [-0.4, -0.2) is 19.8 Å². The van der Waals surface area contributed by atoms with E-state index in [0.717, 1.165) is 11.3 Å². The smallest absolute Gasteiger partial charge is 0.184 e. The fourth-order valence-electron chi connectivity index (χ4n) is 1.75. The van der Waals surface area contributed by atoms with Crippen molar-refractivity contribution in [2.45, 2.75) is 33.2 Å². The summed E-state index contributed by atoms with van der Waals surface area (Å²) < 4.78 is 16.8. The molecule has 94 valence electrons. The number of rotatable bonds is 2. The Morgan fingerprint density at radius 2 is 1.88 bits per heavy atom. The summed E-state index contributed by atoms with van der Waals surface area (Å²) in [5.41, 5.74) is 1.11. The van der Waals surface area contributed by atoms with Gasteiger partial charge in [-0.3, -0.25) is 0 Å². The van der Waals surface area contributed by atoms with Crippen LogP contribution in [-0.2, 0) is 9.47 Å². The Kier molecular flexibility index (Phi) is 3.40. The van der Waals surface area contributed by atoms with Gasteiger partial charge in [-0.1, -0.05) is 26.0 Å². The summed E-state index contributed by atoms with van der Waals surface area (Å²) >= 11 is 0. The molecule has 1 saturated heterocycles. The maximum Gasteiger partial charge on any atom is 0.184 e. The van der Waals surface area contributed by atoms with E-state index in [-0.39, 0.29) is 17.8 Å². The monoisotopic (exact) mass is 236 g/mol. The molecule has 1 fully saturated rings. The molecule has 0 amide bonds. The minimum absolute atomic E-state index is 0.0724. The molecule has 2 rings (SSSR count). The van der Waals surface area contributed by atoms with Crippen molar-refractivity contribution in [3.63, 3.8) is 0 Å². The minimum atomic E-state index is -0.260. The SMILES string of the molecule is COc1ccc([C@H]2OCC(C)(C)[C@H](C)O2)cc1. The largest absolute Gasteiger partial charge is 0.497 e. The van der Waals surface area contributed by atoms with Crippen LogP contribution in [0.15, 0.2) is 24.3 Å². The predicted molar refractivity (Wildman–Crippen MR) is 66.0 cm³/mol. The zero-order valence-corrected chi connectivity index (χ0v) is 10.9. The zero-order valence-electron chi connectivity index (χ0n) is 10.9. The van der Waals surface area contributed by atoms with E-state index in [1.165, 1.54) is 0 Å². The highest BCUT2D eigenvalue weighted by Crippen LogP contribution is 2.36. The van der Waals surface area contributed by atoms with E-state index >= 15 is 0 Å². The molecule has 0 saturated carbocycles. The van der Waals surface area contributed by atoms with E-state index < -0.39 is 0 Å². The molecule has 0 spiro atoms. The van der Waals surface area contributed by atoms with Gasteiger partial charge in [-0.25, -0.2) is 0 Å². The maximum atomic E-state index is 5.90. The summed E-state index contributed by atoms with van der Waals surface area (Å²) in [7, 11) is 1.66. The van der Waals surface area contributed by atoms with Gasteiger partial charge in [0.1, 0.15) is 5.75 Å². The van der Waals surface area contributed by atoms with Gasteiger partial charge in [-0.2, -0.15) is 0 Å². The number of methoxy groups -OCH3 is 1. The molecule has 3 nitrogen and oxygen atoms in total. The van der Waals surface area contributed by atoms with Gasteiger partial charge in [0.05, 0.1) is 19.8 Å². The molecule has 0 unspecified atom stereocenters. The van der Waals surface area contributed by atoms with Gasteiger partial charge in [0, 0.05) is 11.0 Å². The topological polar surface area (TPSA) is 27.7 Å². The summed E-state index contributed by atoms with van der Waals surface area (Å²) in [6.45, 7) is 7.12. The van der Waals surface area contributed by atoms with Crippen LogP contribution >= 0.6 is 0 Å². The van der Waals surface area contributed by atoms with Gasteiger partial charge in [0.2, 0.25) is 0 Å². The average Bonchev–Trinajstić information content (AvgIpc) is 2.33. The summed E-state index contributed by atoms with van der Waals surface area (Å²) in [5, 5.41) is 0. The molecule has 1 heterocycles. The molecule has 0 aromatic heterocycles. The Hall–Kier alpha value is -1.06. The van der Waals surface area contributed by atoms with Crippen molar-refractivity contribution in [3.05, 3.63) is 29.8 Å². The summed E-state index contributed by atoms with van der Waals surface area (Å²) in [6, 6.07) is 7.81. The van der Waals surface area contributed by atoms with E-state index in [2.05, 4.69) is 20.8 Å². The second kappa shape index (κ2) is 4.67. The van der Waals surface area contributed by atoms with Crippen LogP contribution in [0.5, 0.6) is 5.75 Å². The molecule has 2 atom stereocenters. The Morgan fingerprint density at radius 3 is 2.41 bits per heavy atom. The zero-order chi connectivity index (χ0) is 12.5. The van der Waals surface area contributed by atoms with E-state index in [4.69, 9.17) is 14.2 Å². The van der Waals surface area contributed by atoms with Gasteiger partial charge in [0.15, 0.2) is 6.29 Å². The molecule has 0 aliphatic carbocycles. The van der Waals surface area contributed by atoms with Crippen molar-refractivity contribution in [2.24, 2.45) is 5.41 Å². The lowest BCUT2D eigenvalue weighted by atomic mass is 9.87. The quantitative estimate of drug-likeness (QED) is 0.789. The highest BCUT2D eigenvalue weighted by atomic mass is 16.7. The normalized spacial score (nSPS) is 27.8. The number of ether oxygens (including phenoxy) is 3. The van der Waals surface area contributed by atoms with Crippen molar-refractivity contribution in [1.82, 2.24) is 0 Å². The summed E-state index contributed by atoms with van der Waals surface area (Å²) in [6.07, 6.45) is -0.0766. The van der Waals surface area contributed by atoms with E-state index in [1.54, 1.807) is 7.11 Å². The molecule has 1 aromatic carbocycles. The predicted octanol–water partition coefficient (Wildman–Crippen LogP) is 3.16. The second-order valence-electron chi connectivity index (χ2n) is 5.18. The Balaban J connectivity index is 2.08. The highest BCUT2D eigenvalue weighted by Gasteiger charge is 2.35. The van der Waals surface area contributed by atoms with Gasteiger partial charge in [-0.15, -0.1) is 0 Å². The summed E-state index contributed by atoms with van der Waals surface area (Å²) in [4.78, 5) is 0. The van der Waals surface area contributed by atoms with Crippen LogP contribution in [0, 0.1) is 5.41 Å². The first-order valence-corrected chi connectivity index (χ1v) is 5.94. The third-order valence-electron chi connectivity index (χ3n) is 3.42. The van der Waals surface area contributed by atoms with Gasteiger partial charge in [0.25, 0.3) is 0 Å². The number of hydrogen-bond donors (Lipinski definition) is 0. The van der Waals surface area contributed by atoms with E-state index in [1.807, 2.05) is 24.3 Å². The molecular weight excluding hydrogens is 216 g/mol. The average molecular weight is 236 g/mol. The van der Waals surface area contributed by atoms with Crippen LogP contribution in [0.1, 0.15) is 32.6 Å². The molecule has 1 aromatic rings. The lowest BCUT2D eigenvalue weighted by molar-refractivity contribution is -0.259. The number of hydrogen-bond acceptors (Lipinski definition) is 3. The standard InChI is InChI=1S/C14H20O3/c1-10-14(2,3)9-16-13(17-10)11-5-7-12(15-4)8-6-11/h5-8,10,13H,9H2,1-4H3/t10-,13-/m0/s1. The molecule has 0 radical (unpaired) electrons. The van der Waals surface area contributed by atoms with Crippen LogP contribution < -0.4 is 4.74 Å². The molecule has 1 aliphatic heterocycles.